The molecule has 0 unspecified atom stereocenters. The standard InChI is InChI=1S/C26H34N2/c1-7-21-15-22(17-25-18(4)14-19(5)27-20(25)6)24(8-2)26(16-21)28(9-3)23-12-10-11-13-23/h7-8,14-16,23,27H,1-2,6,9-13,17H2,3-5H3. The van der Waals surface area contributed by atoms with Crippen LogP contribution in [-0.2, 0) is 6.42 Å². The summed E-state index contributed by atoms with van der Waals surface area (Å²) in [7, 11) is 0. The Kier molecular flexibility index (Phi) is 6.28. The molecule has 1 aliphatic carbocycles. The van der Waals surface area contributed by atoms with Crippen molar-refractivity contribution in [1.82, 2.24) is 5.32 Å². The fourth-order valence-corrected chi connectivity index (χ4v) is 4.74. The molecular weight excluding hydrogens is 340 g/mol. The van der Waals surface area contributed by atoms with Crippen molar-refractivity contribution in [2.24, 2.45) is 0 Å². The van der Waals surface area contributed by atoms with Crippen molar-refractivity contribution in [2.75, 3.05) is 11.4 Å². The van der Waals surface area contributed by atoms with Crippen molar-refractivity contribution in [1.29, 1.82) is 0 Å². The van der Waals surface area contributed by atoms with Gasteiger partial charge in [-0.1, -0.05) is 50.8 Å². The summed E-state index contributed by atoms with van der Waals surface area (Å²) < 4.78 is 0. The normalized spacial score (nSPS) is 17.4. The number of nitrogens with zero attached hydrogens (tertiary/aromatic N) is 1. The summed E-state index contributed by atoms with van der Waals surface area (Å²) in [5, 5.41) is 3.39. The Balaban J connectivity index is 2.08. The van der Waals surface area contributed by atoms with E-state index in [0.717, 1.165) is 24.4 Å². The van der Waals surface area contributed by atoms with Crippen LogP contribution in [0.25, 0.3) is 12.2 Å². The molecular formula is C26H34N2. The molecule has 28 heavy (non-hydrogen) atoms. The van der Waals surface area contributed by atoms with Gasteiger partial charge >= 0.3 is 0 Å². The third-order valence-electron chi connectivity index (χ3n) is 6.11. The molecule has 1 N–H and O–H groups in total. The van der Waals surface area contributed by atoms with E-state index in [-0.39, 0.29) is 0 Å². The van der Waals surface area contributed by atoms with E-state index in [9.17, 15) is 0 Å². The average molecular weight is 375 g/mol. The Morgan fingerprint density at radius 1 is 1.14 bits per heavy atom. The van der Waals surface area contributed by atoms with Crippen molar-refractivity contribution < 1.29 is 0 Å². The molecule has 0 aromatic heterocycles. The second-order valence-electron chi connectivity index (χ2n) is 8.01. The van der Waals surface area contributed by atoms with Gasteiger partial charge in [-0.05, 0) is 68.0 Å². The second-order valence-corrected chi connectivity index (χ2v) is 8.01. The first kappa shape index (κ1) is 20.3. The van der Waals surface area contributed by atoms with Crippen LogP contribution < -0.4 is 10.2 Å². The van der Waals surface area contributed by atoms with Crippen LogP contribution in [0.3, 0.4) is 0 Å². The van der Waals surface area contributed by atoms with Crippen LogP contribution in [0.15, 0.2) is 60.5 Å². The summed E-state index contributed by atoms with van der Waals surface area (Å²) in [6, 6.07) is 5.18. The van der Waals surface area contributed by atoms with Gasteiger partial charge in [0.05, 0.1) is 0 Å². The molecule has 2 nitrogen and oxygen atoms in total. The Bertz CT molecular complexity index is 847. The van der Waals surface area contributed by atoms with Gasteiger partial charge in [-0.25, -0.2) is 0 Å². The van der Waals surface area contributed by atoms with Gasteiger partial charge in [0, 0.05) is 41.7 Å². The molecule has 0 saturated heterocycles. The maximum absolute atomic E-state index is 4.26. The van der Waals surface area contributed by atoms with Gasteiger partial charge in [-0.3, -0.25) is 0 Å². The summed E-state index contributed by atoms with van der Waals surface area (Å²) >= 11 is 0. The fraction of sp³-hybridized carbons (Fsp3) is 0.385. The summed E-state index contributed by atoms with van der Waals surface area (Å²) in [6.45, 7) is 20.0. The van der Waals surface area contributed by atoms with E-state index in [4.69, 9.17) is 0 Å². The molecule has 1 aliphatic heterocycles. The highest BCUT2D eigenvalue weighted by Crippen LogP contribution is 2.35. The van der Waals surface area contributed by atoms with E-state index in [1.54, 1.807) is 0 Å². The lowest BCUT2D eigenvalue weighted by atomic mass is 9.90. The third kappa shape index (κ3) is 4.01. The molecule has 1 aromatic rings. The largest absolute Gasteiger partial charge is 0.368 e. The fourth-order valence-electron chi connectivity index (χ4n) is 4.74. The zero-order valence-corrected chi connectivity index (χ0v) is 17.8. The number of anilines is 1. The first-order valence-electron chi connectivity index (χ1n) is 10.5. The second kappa shape index (κ2) is 8.68. The van der Waals surface area contributed by atoms with Gasteiger partial charge in [0.2, 0.25) is 0 Å². The molecule has 1 aromatic carbocycles. The molecule has 3 rings (SSSR count). The highest BCUT2D eigenvalue weighted by molar-refractivity contribution is 5.74. The van der Waals surface area contributed by atoms with Crippen molar-refractivity contribution in [3.8, 4) is 0 Å². The van der Waals surface area contributed by atoms with E-state index >= 15 is 0 Å². The summed E-state index contributed by atoms with van der Waals surface area (Å²) in [5.74, 6) is 0. The molecule has 1 fully saturated rings. The highest BCUT2D eigenvalue weighted by atomic mass is 15.2. The molecule has 0 radical (unpaired) electrons. The number of rotatable bonds is 7. The minimum Gasteiger partial charge on any atom is -0.368 e. The van der Waals surface area contributed by atoms with E-state index < -0.39 is 0 Å². The highest BCUT2D eigenvalue weighted by Gasteiger charge is 2.25. The third-order valence-corrected chi connectivity index (χ3v) is 6.11. The lowest BCUT2D eigenvalue weighted by Gasteiger charge is -2.33. The minimum atomic E-state index is 0.634. The first-order valence-corrected chi connectivity index (χ1v) is 10.5. The first-order chi connectivity index (χ1) is 13.5. The van der Waals surface area contributed by atoms with Gasteiger partial charge in [0.1, 0.15) is 0 Å². The molecule has 1 saturated carbocycles. The Hall–Kier alpha value is -2.48. The van der Waals surface area contributed by atoms with E-state index in [1.807, 2.05) is 12.2 Å². The molecule has 0 amide bonds. The van der Waals surface area contributed by atoms with E-state index in [2.05, 4.69) is 68.9 Å². The zero-order valence-electron chi connectivity index (χ0n) is 17.8. The van der Waals surface area contributed by atoms with Crippen LogP contribution in [0, 0.1) is 0 Å². The molecule has 0 atom stereocenters. The van der Waals surface area contributed by atoms with Crippen LogP contribution in [0.4, 0.5) is 5.69 Å². The smallest absolute Gasteiger partial charge is 0.0450 e. The molecule has 1 heterocycles. The number of hydrogen-bond donors (Lipinski definition) is 1. The summed E-state index contributed by atoms with van der Waals surface area (Å²) in [6.07, 6.45) is 12.3. The predicted molar refractivity (Wildman–Crippen MR) is 124 cm³/mol. The average Bonchev–Trinajstić information content (AvgIpc) is 3.19. The molecule has 148 valence electrons. The van der Waals surface area contributed by atoms with Gasteiger partial charge in [-0.2, -0.15) is 0 Å². The summed E-state index contributed by atoms with van der Waals surface area (Å²) in [5.41, 5.74) is 9.72. The summed E-state index contributed by atoms with van der Waals surface area (Å²) in [4.78, 5) is 2.58. The lowest BCUT2D eigenvalue weighted by Crippen LogP contribution is -2.33. The number of dihydropyridines is 1. The monoisotopic (exact) mass is 374 g/mol. The lowest BCUT2D eigenvalue weighted by molar-refractivity contribution is 0.619. The topological polar surface area (TPSA) is 15.3 Å². The van der Waals surface area contributed by atoms with Gasteiger partial charge in [0.25, 0.3) is 0 Å². The SMILES string of the molecule is C=Cc1cc(CC2=C(C)C=C(C)NC2=C)c(C=C)c(N(CC)C2CCCC2)c1. The van der Waals surface area contributed by atoms with Crippen molar-refractivity contribution >= 4 is 17.8 Å². The minimum absolute atomic E-state index is 0.634. The molecule has 0 spiro atoms. The van der Waals surface area contributed by atoms with Gasteiger partial charge in [0.15, 0.2) is 0 Å². The van der Waals surface area contributed by atoms with Crippen LogP contribution >= 0.6 is 0 Å². The predicted octanol–water partition coefficient (Wildman–Crippen LogP) is 6.62. The van der Waals surface area contributed by atoms with Crippen molar-refractivity contribution in [3.63, 3.8) is 0 Å². The number of allylic oxidation sites excluding steroid dienone is 4. The zero-order chi connectivity index (χ0) is 20.3. The maximum atomic E-state index is 4.26. The van der Waals surface area contributed by atoms with Crippen LogP contribution in [0.1, 0.15) is 63.1 Å². The van der Waals surface area contributed by atoms with Gasteiger partial charge in [-0.15, -0.1) is 0 Å². The van der Waals surface area contributed by atoms with Crippen LogP contribution in [0.2, 0.25) is 0 Å². The van der Waals surface area contributed by atoms with E-state index in [1.165, 1.54) is 59.2 Å². The molecule has 2 heteroatoms. The number of nitrogens with one attached hydrogen (secondary N) is 1. The van der Waals surface area contributed by atoms with Crippen LogP contribution in [-0.4, -0.2) is 12.6 Å². The Morgan fingerprint density at radius 2 is 1.86 bits per heavy atom. The van der Waals surface area contributed by atoms with Crippen molar-refractivity contribution in [3.05, 3.63) is 77.2 Å². The van der Waals surface area contributed by atoms with E-state index in [0.29, 0.717) is 6.04 Å². The quantitative estimate of drug-likeness (QED) is 0.577. The number of hydrogen-bond acceptors (Lipinski definition) is 2. The molecule has 0 bridgehead atoms. The Labute approximate surface area is 171 Å². The maximum Gasteiger partial charge on any atom is 0.0450 e. The Morgan fingerprint density at radius 3 is 2.43 bits per heavy atom. The van der Waals surface area contributed by atoms with Crippen molar-refractivity contribution in [2.45, 2.75) is 58.9 Å². The molecule has 2 aliphatic rings. The number of benzene rings is 1. The van der Waals surface area contributed by atoms with Crippen LogP contribution in [0.5, 0.6) is 0 Å². The van der Waals surface area contributed by atoms with Gasteiger partial charge < -0.3 is 10.2 Å².